The van der Waals surface area contributed by atoms with E-state index in [4.69, 9.17) is 14.4 Å². The summed E-state index contributed by atoms with van der Waals surface area (Å²) in [6.07, 6.45) is 25.5. The standard InChI is InChI=1S/C28H54O5S/c1-2-3-4-5-6-7-8-9-10-11-12-13-14-18-21-24-28(31)33-26(25-34-32)22-19-16-15-17-20-23-27(29)30/h26,32H,2-25H2,1H3,(H,29,30). The van der Waals surface area contributed by atoms with Crippen molar-refractivity contribution in [2.45, 2.75) is 161 Å². The number of carbonyl (C=O) groups is 2. The van der Waals surface area contributed by atoms with Crippen LogP contribution in [0.15, 0.2) is 0 Å². The van der Waals surface area contributed by atoms with Crippen LogP contribution in [0, 0.1) is 0 Å². The lowest BCUT2D eigenvalue weighted by Gasteiger charge is -2.16. The summed E-state index contributed by atoms with van der Waals surface area (Å²) >= 11 is 0.734. The summed E-state index contributed by atoms with van der Waals surface area (Å²) in [5.41, 5.74) is 0. The van der Waals surface area contributed by atoms with Gasteiger partial charge in [0.25, 0.3) is 0 Å². The number of esters is 1. The van der Waals surface area contributed by atoms with Gasteiger partial charge in [-0.25, -0.2) is 0 Å². The number of rotatable bonds is 27. The Morgan fingerprint density at radius 3 is 1.50 bits per heavy atom. The van der Waals surface area contributed by atoms with E-state index < -0.39 is 5.97 Å². The molecule has 34 heavy (non-hydrogen) atoms. The third kappa shape index (κ3) is 25.9. The molecule has 0 heterocycles. The molecule has 0 aromatic heterocycles. The number of carboxylic acids is 1. The average Bonchev–Trinajstić information content (AvgIpc) is 2.80. The van der Waals surface area contributed by atoms with E-state index in [9.17, 15) is 9.59 Å². The zero-order valence-electron chi connectivity index (χ0n) is 22.1. The van der Waals surface area contributed by atoms with E-state index in [-0.39, 0.29) is 18.5 Å². The largest absolute Gasteiger partial charge is 0.481 e. The summed E-state index contributed by atoms with van der Waals surface area (Å²) in [7, 11) is 0. The second kappa shape index (κ2) is 26.8. The number of hydrogen-bond acceptors (Lipinski definition) is 5. The molecule has 1 atom stereocenters. The minimum atomic E-state index is -0.735. The molecule has 202 valence electrons. The van der Waals surface area contributed by atoms with Crippen molar-refractivity contribution >= 4 is 24.0 Å². The third-order valence-electron chi connectivity index (χ3n) is 6.46. The number of aliphatic carboxylic acids is 1. The van der Waals surface area contributed by atoms with E-state index in [0.717, 1.165) is 63.4 Å². The van der Waals surface area contributed by atoms with Gasteiger partial charge in [-0.15, -0.1) is 0 Å². The van der Waals surface area contributed by atoms with Gasteiger partial charge in [-0.2, -0.15) is 0 Å². The van der Waals surface area contributed by atoms with Crippen molar-refractivity contribution in [1.29, 1.82) is 0 Å². The Morgan fingerprint density at radius 2 is 1.06 bits per heavy atom. The van der Waals surface area contributed by atoms with Gasteiger partial charge in [-0.3, -0.25) is 9.59 Å². The van der Waals surface area contributed by atoms with Crippen LogP contribution in [0.2, 0.25) is 0 Å². The van der Waals surface area contributed by atoms with E-state index in [2.05, 4.69) is 6.92 Å². The van der Waals surface area contributed by atoms with Gasteiger partial charge >= 0.3 is 11.9 Å². The lowest BCUT2D eigenvalue weighted by molar-refractivity contribution is -0.148. The Labute approximate surface area is 214 Å². The van der Waals surface area contributed by atoms with E-state index in [1.54, 1.807) is 0 Å². The van der Waals surface area contributed by atoms with Crippen molar-refractivity contribution in [2.75, 3.05) is 5.75 Å². The second-order valence-electron chi connectivity index (χ2n) is 9.81. The molecule has 0 aliphatic rings. The Morgan fingerprint density at radius 1 is 0.647 bits per heavy atom. The summed E-state index contributed by atoms with van der Waals surface area (Å²) in [4.78, 5) is 22.6. The Kier molecular flexibility index (Phi) is 26.3. The summed E-state index contributed by atoms with van der Waals surface area (Å²) in [5, 5.41) is 8.64. The molecule has 0 aromatic rings. The quantitative estimate of drug-likeness (QED) is 0.0661. The van der Waals surface area contributed by atoms with Crippen LogP contribution in [0.5, 0.6) is 0 Å². The highest BCUT2D eigenvalue weighted by Gasteiger charge is 2.14. The minimum Gasteiger partial charge on any atom is -0.481 e. The zero-order chi connectivity index (χ0) is 25.1. The Hall–Kier alpha value is -0.750. The number of ether oxygens (including phenoxy) is 1. The maximum Gasteiger partial charge on any atom is 0.306 e. The van der Waals surface area contributed by atoms with Crippen LogP contribution in [0.4, 0.5) is 0 Å². The lowest BCUT2D eigenvalue weighted by Crippen LogP contribution is -2.20. The predicted octanol–water partition coefficient (Wildman–Crippen LogP) is 9.18. The fourth-order valence-electron chi connectivity index (χ4n) is 4.32. The van der Waals surface area contributed by atoms with Gasteiger partial charge in [0.15, 0.2) is 0 Å². The van der Waals surface area contributed by atoms with E-state index in [0.29, 0.717) is 12.2 Å². The summed E-state index contributed by atoms with van der Waals surface area (Å²) in [6, 6.07) is 0. The first kappa shape index (κ1) is 33.2. The summed E-state index contributed by atoms with van der Waals surface area (Å²) in [5.74, 6) is -0.458. The fraction of sp³-hybridized carbons (Fsp3) is 0.929. The normalized spacial score (nSPS) is 12.1. The highest BCUT2D eigenvalue weighted by Crippen LogP contribution is 2.16. The monoisotopic (exact) mass is 502 g/mol. The predicted molar refractivity (Wildman–Crippen MR) is 144 cm³/mol. The van der Waals surface area contributed by atoms with Crippen molar-refractivity contribution in [3.05, 3.63) is 0 Å². The molecular weight excluding hydrogens is 448 g/mol. The van der Waals surface area contributed by atoms with Crippen LogP contribution in [-0.2, 0) is 14.3 Å². The summed E-state index contributed by atoms with van der Waals surface area (Å²) in [6.45, 7) is 2.27. The molecule has 0 aromatic carbocycles. The number of carbonyl (C=O) groups excluding carboxylic acids is 1. The lowest BCUT2D eigenvalue weighted by atomic mass is 10.0. The first-order chi connectivity index (χ1) is 16.6. The van der Waals surface area contributed by atoms with Crippen molar-refractivity contribution in [3.8, 4) is 0 Å². The smallest absolute Gasteiger partial charge is 0.306 e. The van der Waals surface area contributed by atoms with Gasteiger partial charge in [0, 0.05) is 12.8 Å². The van der Waals surface area contributed by atoms with Gasteiger partial charge in [-0.05, 0) is 37.7 Å². The molecule has 2 N–H and O–H groups in total. The first-order valence-corrected chi connectivity index (χ1v) is 15.2. The molecule has 0 aliphatic heterocycles. The molecule has 0 spiro atoms. The van der Waals surface area contributed by atoms with E-state index in [1.165, 1.54) is 83.5 Å². The van der Waals surface area contributed by atoms with Crippen molar-refractivity contribution in [3.63, 3.8) is 0 Å². The van der Waals surface area contributed by atoms with Crippen molar-refractivity contribution in [1.82, 2.24) is 0 Å². The van der Waals surface area contributed by atoms with Crippen molar-refractivity contribution < 1.29 is 24.0 Å². The van der Waals surface area contributed by atoms with Crippen LogP contribution >= 0.6 is 12.0 Å². The maximum atomic E-state index is 12.1. The van der Waals surface area contributed by atoms with Crippen molar-refractivity contribution in [2.24, 2.45) is 0 Å². The molecule has 0 radical (unpaired) electrons. The van der Waals surface area contributed by atoms with Gasteiger partial charge in [0.1, 0.15) is 6.10 Å². The number of unbranched alkanes of at least 4 members (excludes halogenated alkanes) is 18. The third-order valence-corrected chi connectivity index (χ3v) is 6.98. The molecule has 0 rings (SSSR count). The Balaban J connectivity index is 3.52. The van der Waals surface area contributed by atoms with Gasteiger partial charge in [0.05, 0.1) is 5.75 Å². The second-order valence-corrected chi connectivity index (χ2v) is 10.4. The molecule has 0 bridgehead atoms. The summed E-state index contributed by atoms with van der Waals surface area (Å²) < 4.78 is 14.7. The fourth-order valence-corrected chi connectivity index (χ4v) is 4.72. The minimum absolute atomic E-state index is 0.143. The average molecular weight is 503 g/mol. The van der Waals surface area contributed by atoms with Gasteiger partial charge < -0.3 is 14.4 Å². The highest BCUT2D eigenvalue weighted by atomic mass is 32.2. The van der Waals surface area contributed by atoms with Crippen LogP contribution in [0.1, 0.15) is 155 Å². The van der Waals surface area contributed by atoms with Gasteiger partial charge in [0.2, 0.25) is 0 Å². The SMILES string of the molecule is CCCCCCCCCCCCCCCCCC(=O)OC(CCCCCCCC(=O)O)CSO. The maximum absolute atomic E-state index is 12.1. The molecule has 5 nitrogen and oxygen atoms in total. The molecule has 6 heteroatoms. The number of carboxylic acid groups (broad SMARTS) is 1. The van der Waals surface area contributed by atoms with Crippen LogP contribution in [0.25, 0.3) is 0 Å². The number of hydrogen-bond donors (Lipinski definition) is 2. The van der Waals surface area contributed by atoms with Gasteiger partial charge in [-0.1, -0.05) is 116 Å². The molecule has 1 unspecified atom stereocenters. The van der Waals surface area contributed by atoms with E-state index >= 15 is 0 Å². The van der Waals surface area contributed by atoms with Crippen LogP contribution in [0.3, 0.4) is 0 Å². The zero-order valence-corrected chi connectivity index (χ0v) is 22.9. The molecule has 0 aliphatic carbocycles. The highest BCUT2D eigenvalue weighted by molar-refractivity contribution is 7.93. The molecule has 0 saturated heterocycles. The Bertz CT molecular complexity index is 458. The van der Waals surface area contributed by atoms with Crippen LogP contribution < -0.4 is 0 Å². The van der Waals surface area contributed by atoms with Crippen LogP contribution in [-0.4, -0.2) is 33.5 Å². The molecular formula is C28H54O5S. The molecule has 0 fully saturated rings. The topological polar surface area (TPSA) is 83.8 Å². The van der Waals surface area contributed by atoms with E-state index in [1.807, 2.05) is 0 Å². The first-order valence-electron chi connectivity index (χ1n) is 14.3. The molecule has 0 amide bonds. The molecule has 0 saturated carbocycles.